The number of aromatic nitrogens is 3. The lowest BCUT2D eigenvalue weighted by atomic mass is 10.0. The smallest absolute Gasteiger partial charge is 0.0896 e. The highest BCUT2D eigenvalue weighted by atomic mass is 35.5. The van der Waals surface area contributed by atoms with E-state index < -0.39 is 6.04 Å². The van der Waals surface area contributed by atoms with Gasteiger partial charge in [-0.15, -0.1) is 0 Å². The highest BCUT2D eigenvalue weighted by Gasteiger charge is 2.18. The summed E-state index contributed by atoms with van der Waals surface area (Å²) in [6.45, 7) is 0. The Bertz CT molecular complexity index is 738. The summed E-state index contributed by atoms with van der Waals surface area (Å²) in [4.78, 5) is 4.09. The summed E-state index contributed by atoms with van der Waals surface area (Å²) in [7, 11) is 0. The Morgan fingerprint density at radius 3 is 2.84 bits per heavy atom. The molecular weight excluding hydrogens is 283 g/mol. The summed E-state index contributed by atoms with van der Waals surface area (Å²) in [5, 5.41) is 5.20. The molecule has 0 fully saturated rings. The van der Waals surface area contributed by atoms with Gasteiger partial charge in [0, 0.05) is 18.0 Å². The van der Waals surface area contributed by atoms with Crippen molar-refractivity contribution in [3.8, 4) is 0 Å². The van der Waals surface area contributed by atoms with Gasteiger partial charge in [-0.3, -0.25) is 4.98 Å². The molecule has 0 spiro atoms. The zero-order valence-electron chi connectivity index (χ0n) is 9.79. The van der Waals surface area contributed by atoms with Gasteiger partial charge in [-0.2, -0.15) is 5.10 Å². The van der Waals surface area contributed by atoms with Gasteiger partial charge >= 0.3 is 0 Å². The van der Waals surface area contributed by atoms with Crippen molar-refractivity contribution < 1.29 is 0 Å². The second-order valence-corrected chi connectivity index (χ2v) is 4.91. The summed E-state index contributed by atoms with van der Waals surface area (Å²) >= 11 is 12.2. The van der Waals surface area contributed by atoms with Crippen LogP contribution in [0.4, 0.5) is 0 Å². The summed E-state index contributed by atoms with van der Waals surface area (Å²) in [6, 6.07) is 5.03. The molecule has 2 heterocycles. The van der Waals surface area contributed by atoms with Crippen LogP contribution < -0.4 is 5.73 Å². The van der Waals surface area contributed by atoms with Crippen LogP contribution in [-0.4, -0.2) is 14.6 Å². The van der Waals surface area contributed by atoms with E-state index in [9.17, 15) is 0 Å². The lowest BCUT2D eigenvalue weighted by Crippen LogP contribution is -2.12. The molecular formula is C13H10Cl2N4. The van der Waals surface area contributed by atoms with Crippen molar-refractivity contribution in [1.29, 1.82) is 0 Å². The van der Waals surface area contributed by atoms with Crippen LogP contribution in [0.3, 0.4) is 0 Å². The molecule has 3 rings (SSSR count). The van der Waals surface area contributed by atoms with Gasteiger partial charge in [-0.05, 0) is 11.6 Å². The molecule has 3 aromatic rings. The molecule has 0 aliphatic carbocycles. The molecule has 1 unspecified atom stereocenters. The number of nitrogens with two attached hydrogens (primary N) is 1. The van der Waals surface area contributed by atoms with E-state index in [0.29, 0.717) is 10.0 Å². The second kappa shape index (κ2) is 4.81. The van der Waals surface area contributed by atoms with Crippen molar-refractivity contribution in [2.24, 2.45) is 5.73 Å². The number of benzene rings is 1. The maximum Gasteiger partial charge on any atom is 0.0896 e. The minimum absolute atomic E-state index is 0.395. The maximum atomic E-state index is 6.27. The number of rotatable bonds is 2. The van der Waals surface area contributed by atoms with Gasteiger partial charge in [0.25, 0.3) is 0 Å². The van der Waals surface area contributed by atoms with Crippen molar-refractivity contribution in [3.05, 3.63) is 64.2 Å². The zero-order valence-corrected chi connectivity index (χ0v) is 11.3. The predicted octanol–water partition coefficient (Wildman–Crippen LogP) is 3.08. The summed E-state index contributed by atoms with van der Waals surface area (Å²) in [5.41, 5.74) is 8.75. The van der Waals surface area contributed by atoms with Gasteiger partial charge in [0.15, 0.2) is 0 Å². The Hall–Kier alpha value is -1.62. The van der Waals surface area contributed by atoms with E-state index in [1.165, 1.54) is 0 Å². The fourth-order valence-corrected chi connectivity index (χ4v) is 2.45. The van der Waals surface area contributed by atoms with Gasteiger partial charge in [-0.1, -0.05) is 35.3 Å². The molecule has 2 N–H and O–H groups in total. The van der Waals surface area contributed by atoms with E-state index in [0.717, 1.165) is 16.6 Å². The van der Waals surface area contributed by atoms with Gasteiger partial charge in [0.1, 0.15) is 0 Å². The van der Waals surface area contributed by atoms with Crippen LogP contribution >= 0.6 is 23.2 Å². The zero-order chi connectivity index (χ0) is 13.4. The van der Waals surface area contributed by atoms with Gasteiger partial charge < -0.3 is 5.73 Å². The molecule has 6 heteroatoms. The third-order valence-corrected chi connectivity index (χ3v) is 3.84. The van der Waals surface area contributed by atoms with E-state index in [4.69, 9.17) is 28.9 Å². The minimum atomic E-state index is -0.395. The Balaban J connectivity index is 2.13. The van der Waals surface area contributed by atoms with Crippen molar-refractivity contribution >= 4 is 28.7 Å². The van der Waals surface area contributed by atoms with E-state index in [-0.39, 0.29) is 0 Å². The van der Waals surface area contributed by atoms with Gasteiger partial charge in [-0.25, -0.2) is 4.52 Å². The molecule has 0 saturated carbocycles. The van der Waals surface area contributed by atoms with Crippen molar-refractivity contribution in [3.63, 3.8) is 0 Å². The Kier molecular flexibility index (Phi) is 3.14. The standard InChI is InChI=1S/C13H10Cl2N4/c14-10-3-1-2-8(12(10)15)13(16)9-6-18-19-5-4-17-7-11(9)19/h1-7,13H,16H2. The van der Waals surface area contributed by atoms with Crippen LogP contribution in [0, 0.1) is 0 Å². The summed E-state index contributed by atoms with van der Waals surface area (Å²) in [6.07, 6.45) is 6.88. The third kappa shape index (κ3) is 2.08. The molecule has 4 nitrogen and oxygen atoms in total. The maximum absolute atomic E-state index is 6.27. The molecule has 1 atom stereocenters. The average molecular weight is 293 g/mol. The SMILES string of the molecule is NC(c1cccc(Cl)c1Cl)c1cnn2ccncc12. The Labute approximate surface area is 119 Å². The molecule has 0 saturated heterocycles. The molecule has 2 aromatic heterocycles. The fraction of sp³-hybridized carbons (Fsp3) is 0.0769. The number of halogens is 2. The number of hydrogen-bond acceptors (Lipinski definition) is 3. The largest absolute Gasteiger partial charge is 0.320 e. The van der Waals surface area contributed by atoms with Crippen LogP contribution in [0.15, 0.2) is 43.0 Å². The monoisotopic (exact) mass is 292 g/mol. The Morgan fingerprint density at radius 1 is 1.16 bits per heavy atom. The van der Waals surface area contributed by atoms with Crippen molar-refractivity contribution in [2.45, 2.75) is 6.04 Å². The Morgan fingerprint density at radius 2 is 2.00 bits per heavy atom. The topological polar surface area (TPSA) is 56.2 Å². The highest BCUT2D eigenvalue weighted by Crippen LogP contribution is 2.32. The first-order valence-corrected chi connectivity index (χ1v) is 6.41. The lowest BCUT2D eigenvalue weighted by molar-refractivity contribution is 0.880. The minimum Gasteiger partial charge on any atom is -0.320 e. The first-order valence-electron chi connectivity index (χ1n) is 5.65. The first kappa shape index (κ1) is 12.4. The van der Waals surface area contributed by atoms with Crippen LogP contribution in [0.1, 0.15) is 17.2 Å². The lowest BCUT2D eigenvalue weighted by Gasteiger charge is -2.13. The number of hydrogen-bond donors (Lipinski definition) is 1. The van der Waals surface area contributed by atoms with Crippen LogP contribution in [-0.2, 0) is 0 Å². The first-order chi connectivity index (χ1) is 9.18. The van der Waals surface area contributed by atoms with Gasteiger partial charge in [0.05, 0.1) is 34.0 Å². The number of fused-ring (bicyclic) bond motifs is 1. The van der Waals surface area contributed by atoms with Crippen molar-refractivity contribution in [2.75, 3.05) is 0 Å². The quantitative estimate of drug-likeness (QED) is 0.790. The van der Waals surface area contributed by atoms with E-state index in [1.807, 2.05) is 12.1 Å². The molecule has 19 heavy (non-hydrogen) atoms. The summed E-state index contributed by atoms with van der Waals surface area (Å²) in [5.74, 6) is 0. The third-order valence-electron chi connectivity index (χ3n) is 3.01. The van der Waals surface area contributed by atoms with Crippen molar-refractivity contribution in [1.82, 2.24) is 14.6 Å². The summed E-state index contributed by atoms with van der Waals surface area (Å²) < 4.78 is 1.72. The highest BCUT2D eigenvalue weighted by molar-refractivity contribution is 6.42. The molecule has 96 valence electrons. The predicted molar refractivity (Wildman–Crippen MR) is 75.5 cm³/mol. The molecule has 0 aliphatic rings. The molecule has 0 aliphatic heterocycles. The van der Waals surface area contributed by atoms with Crippen LogP contribution in [0.5, 0.6) is 0 Å². The normalized spacial score (nSPS) is 12.8. The van der Waals surface area contributed by atoms with E-state index in [2.05, 4.69) is 10.1 Å². The number of nitrogens with zero attached hydrogens (tertiary/aromatic N) is 3. The molecule has 0 radical (unpaired) electrons. The molecule has 0 bridgehead atoms. The van der Waals surface area contributed by atoms with Crippen LogP contribution in [0.2, 0.25) is 10.0 Å². The average Bonchev–Trinajstić information content (AvgIpc) is 2.85. The fourth-order valence-electron chi connectivity index (χ4n) is 2.02. The van der Waals surface area contributed by atoms with E-state index in [1.54, 1.807) is 35.4 Å². The van der Waals surface area contributed by atoms with E-state index >= 15 is 0 Å². The molecule has 1 aromatic carbocycles. The molecule has 0 amide bonds. The second-order valence-electron chi connectivity index (χ2n) is 4.13. The van der Waals surface area contributed by atoms with Gasteiger partial charge in [0.2, 0.25) is 0 Å². The van der Waals surface area contributed by atoms with Crippen LogP contribution in [0.25, 0.3) is 5.52 Å².